The van der Waals surface area contributed by atoms with E-state index in [4.69, 9.17) is 26.8 Å². The van der Waals surface area contributed by atoms with Gasteiger partial charge in [-0.1, -0.05) is 17.7 Å². The minimum Gasteiger partial charge on any atom is -0.449 e. The molecule has 0 saturated heterocycles. The molecule has 1 rings (SSSR count). The van der Waals surface area contributed by atoms with E-state index in [2.05, 4.69) is 5.32 Å². The monoisotopic (exact) mass is 300 g/mol. The number of nitrogens with two attached hydrogens (primary N) is 1. The molecule has 0 bridgehead atoms. The van der Waals surface area contributed by atoms with Crippen molar-refractivity contribution in [1.29, 1.82) is 0 Å². The quantitative estimate of drug-likeness (QED) is 0.468. The van der Waals surface area contributed by atoms with Crippen LogP contribution in [0, 0.1) is 0 Å². The zero-order valence-electron chi connectivity index (χ0n) is 11.3. The number of methoxy groups -OCH3 is 1. The van der Waals surface area contributed by atoms with Crippen LogP contribution < -0.4 is 11.1 Å². The molecule has 0 aliphatic carbocycles. The second-order valence-electron chi connectivity index (χ2n) is 4.04. The first-order valence-electron chi connectivity index (χ1n) is 5.99. The van der Waals surface area contributed by atoms with Crippen LogP contribution in [0.2, 0.25) is 5.02 Å². The van der Waals surface area contributed by atoms with E-state index < -0.39 is 18.0 Å². The third kappa shape index (κ3) is 4.40. The Kier molecular flexibility index (Phi) is 6.27. The molecular formula is C13H17ClN2O4. The van der Waals surface area contributed by atoms with Crippen molar-refractivity contribution >= 4 is 29.2 Å². The SMILES string of the molecule is COCCNC(=O)C(C)OC(=O)c1c(N)cccc1Cl. The molecule has 0 spiro atoms. The maximum Gasteiger partial charge on any atom is 0.342 e. The molecule has 110 valence electrons. The number of rotatable bonds is 6. The van der Waals surface area contributed by atoms with Crippen LogP contribution in [0.25, 0.3) is 0 Å². The first-order chi connectivity index (χ1) is 9.47. The van der Waals surface area contributed by atoms with E-state index in [9.17, 15) is 9.59 Å². The average molecular weight is 301 g/mol. The standard InChI is InChI=1S/C13H17ClN2O4/c1-8(12(17)16-6-7-19-2)20-13(18)11-9(14)4-3-5-10(11)15/h3-5,8H,6-7,15H2,1-2H3,(H,16,17). The number of hydrogen-bond donors (Lipinski definition) is 2. The highest BCUT2D eigenvalue weighted by atomic mass is 35.5. The van der Waals surface area contributed by atoms with Gasteiger partial charge in [-0.05, 0) is 19.1 Å². The number of halogens is 1. The minimum atomic E-state index is -0.949. The van der Waals surface area contributed by atoms with E-state index in [0.717, 1.165) is 0 Å². The minimum absolute atomic E-state index is 0.0608. The van der Waals surface area contributed by atoms with Gasteiger partial charge in [0, 0.05) is 19.3 Å². The topological polar surface area (TPSA) is 90.6 Å². The normalized spacial score (nSPS) is 11.8. The van der Waals surface area contributed by atoms with Gasteiger partial charge in [0.25, 0.3) is 5.91 Å². The molecule has 1 aromatic carbocycles. The maximum atomic E-state index is 11.9. The molecule has 0 aromatic heterocycles. The lowest BCUT2D eigenvalue weighted by Crippen LogP contribution is -2.37. The smallest absolute Gasteiger partial charge is 0.342 e. The van der Waals surface area contributed by atoms with Gasteiger partial charge in [0.15, 0.2) is 6.10 Å². The second-order valence-corrected chi connectivity index (χ2v) is 4.44. The molecule has 7 heteroatoms. The van der Waals surface area contributed by atoms with Crippen LogP contribution in [-0.4, -0.2) is 38.2 Å². The summed E-state index contributed by atoms with van der Waals surface area (Å²) >= 11 is 5.89. The van der Waals surface area contributed by atoms with Gasteiger partial charge < -0.3 is 20.5 Å². The molecule has 0 fully saturated rings. The van der Waals surface area contributed by atoms with Crippen molar-refractivity contribution in [3.05, 3.63) is 28.8 Å². The molecule has 0 saturated carbocycles. The molecule has 1 aromatic rings. The summed E-state index contributed by atoms with van der Waals surface area (Å²) < 4.78 is 9.83. The summed E-state index contributed by atoms with van der Waals surface area (Å²) in [5.74, 6) is -1.15. The Morgan fingerprint density at radius 3 is 2.75 bits per heavy atom. The highest BCUT2D eigenvalue weighted by molar-refractivity contribution is 6.34. The summed E-state index contributed by atoms with van der Waals surface area (Å²) in [4.78, 5) is 23.6. The largest absolute Gasteiger partial charge is 0.449 e. The van der Waals surface area contributed by atoms with Crippen LogP contribution in [0.5, 0.6) is 0 Å². The highest BCUT2D eigenvalue weighted by Gasteiger charge is 2.21. The molecule has 0 aliphatic heterocycles. The van der Waals surface area contributed by atoms with Crippen LogP contribution in [0.4, 0.5) is 5.69 Å². The number of anilines is 1. The lowest BCUT2D eigenvalue weighted by atomic mass is 10.2. The van der Waals surface area contributed by atoms with Crippen LogP contribution in [-0.2, 0) is 14.3 Å². The first-order valence-corrected chi connectivity index (χ1v) is 6.36. The summed E-state index contributed by atoms with van der Waals surface area (Å²) in [6.45, 7) is 2.18. The fourth-order valence-electron chi connectivity index (χ4n) is 1.45. The molecule has 1 unspecified atom stereocenters. The molecule has 1 amide bonds. The number of nitrogens with one attached hydrogen (secondary N) is 1. The number of esters is 1. The number of carbonyl (C=O) groups is 2. The van der Waals surface area contributed by atoms with Crippen molar-refractivity contribution in [2.45, 2.75) is 13.0 Å². The van der Waals surface area contributed by atoms with E-state index in [1.54, 1.807) is 6.07 Å². The van der Waals surface area contributed by atoms with Crippen molar-refractivity contribution in [2.75, 3.05) is 26.0 Å². The van der Waals surface area contributed by atoms with Gasteiger partial charge in [-0.15, -0.1) is 0 Å². The van der Waals surface area contributed by atoms with E-state index in [-0.39, 0.29) is 16.3 Å². The number of benzene rings is 1. The third-order valence-corrected chi connectivity index (χ3v) is 2.82. The molecule has 0 radical (unpaired) electrons. The Hall–Kier alpha value is -1.79. The fourth-order valence-corrected chi connectivity index (χ4v) is 1.71. The second kappa shape index (κ2) is 7.72. The number of hydrogen-bond acceptors (Lipinski definition) is 5. The molecular weight excluding hydrogens is 284 g/mol. The van der Waals surface area contributed by atoms with Crippen molar-refractivity contribution in [2.24, 2.45) is 0 Å². The van der Waals surface area contributed by atoms with Gasteiger partial charge in [-0.2, -0.15) is 0 Å². The summed E-state index contributed by atoms with van der Waals surface area (Å²) in [6, 6.07) is 4.68. The molecule has 20 heavy (non-hydrogen) atoms. The fraction of sp³-hybridized carbons (Fsp3) is 0.385. The van der Waals surface area contributed by atoms with Gasteiger partial charge in [-0.3, -0.25) is 4.79 Å². The van der Waals surface area contributed by atoms with Crippen molar-refractivity contribution in [3.63, 3.8) is 0 Å². The summed E-state index contributed by atoms with van der Waals surface area (Å²) in [6.07, 6.45) is -0.949. The Labute approximate surface area is 122 Å². The van der Waals surface area contributed by atoms with Crippen LogP contribution in [0.1, 0.15) is 17.3 Å². The summed E-state index contributed by atoms with van der Waals surface area (Å²) in [7, 11) is 1.52. The van der Waals surface area contributed by atoms with E-state index in [1.165, 1.54) is 26.2 Å². The Morgan fingerprint density at radius 2 is 2.15 bits per heavy atom. The highest BCUT2D eigenvalue weighted by Crippen LogP contribution is 2.23. The van der Waals surface area contributed by atoms with Gasteiger partial charge >= 0.3 is 5.97 Å². The van der Waals surface area contributed by atoms with Crippen LogP contribution >= 0.6 is 11.6 Å². The van der Waals surface area contributed by atoms with E-state index in [0.29, 0.717) is 13.2 Å². The number of carbonyl (C=O) groups excluding carboxylic acids is 2. The summed E-state index contributed by atoms with van der Waals surface area (Å²) in [5.41, 5.74) is 5.93. The Morgan fingerprint density at radius 1 is 1.45 bits per heavy atom. The zero-order chi connectivity index (χ0) is 15.1. The summed E-state index contributed by atoms with van der Waals surface area (Å²) in [5, 5.41) is 2.75. The average Bonchev–Trinajstić information content (AvgIpc) is 2.38. The van der Waals surface area contributed by atoms with E-state index >= 15 is 0 Å². The predicted molar refractivity (Wildman–Crippen MR) is 75.6 cm³/mol. The molecule has 0 heterocycles. The van der Waals surface area contributed by atoms with Gasteiger partial charge in [0.05, 0.1) is 11.6 Å². The molecule has 0 aliphatic rings. The van der Waals surface area contributed by atoms with Crippen molar-refractivity contribution in [3.8, 4) is 0 Å². The molecule has 3 N–H and O–H groups in total. The van der Waals surface area contributed by atoms with Crippen LogP contribution in [0.3, 0.4) is 0 Å². The predicted octanol–water partition coefficient (Wildman–Crippen LogP) is 1.23. The molecule has 6 nitrogen and oxygen atoms in total. The zero-order valence-corrected chi connectivity index (χ0v) is 12.1. The van der Waals surface area contributed by atoms with Crippen molar-refractivity contribution < 1.29 is 19.1 Å². The lowest BCUT2D eigenvalue weighted by molar-refractivity contribution is -0.129. The van der Waals surface area contributed by atoms with Gasteiger partial charge in [0.2, 0.25) is 0 Å². The van der Waals surface area contributed by atoms with E-state index in [1.807, 2.05) is 0 Å². The first kappa shape index (κ1) is 16.3. The van der Waals surface area contributed by atoms with Gasteiger partial charge in [0.1, 0.15) is 5.56 Å². The molecule has 1 atom stereocenters. The lowest BCUT2D eigenvalue weighted by Gasteiger charge is -2.14. The Balaban J connectivity index is 2.64. The van der Waals surface area contributed by atoms with Crippen LogP contribution in [0.15, 0.2) is 18.2 Å². The van der Waals surface area contributed by atoms with Gasteiger partial charge in [-0.25, -0.2) is 4.79 Å². The number of ether oxygens (including phenoxy) is 2. The maximum absolute atomic E-state index is 11.9. The van der Waals surface area contributed by atoms with Crippen molar-refractivity contribution in [1.82, 2.24) is 5.32 Å². The number of amides is 1. The Bertz CT molecular complexity index is 473. The number of nitrogen functional groups attached to an aromatic ring is 1. The third-order valence-electron chi connectivity index (χ3n) is 2.51.